The van der Waals surface area contributed by atoms with Crippen LogP contribution in [0.1, 0.15) is 51.7 Å². The van der Waals surface area contributed by atoms with Crippen molar-refractivity contribution in [3.05, 3.63) is 24.3 Å². The van der Waals surface area contributed by atoms with E-state index in [4.69, 9.17) is 14.5 Å². The molecule has 0 saturated carbocycles. The predicted molar refractivity (Wildman–Crippen MR) is 140 cm³/mol. The molecule has 33 heavy (non-hydrogen) atoms. The van der Waals surface area contributed by atoms with Crippen LogP contribution in [0.15, 0.2) is 17.6 Å². The summed E-state index contributed by atoms with van der Waals surface area (Å²) in [6.07, 6.45) is 4.26. The van der Waals surface area contributed by atoms with Crippen molar-refractivity contribution in [2.75, 3.05) is 32.8 Å². The van der Waals surface area contributed by atoms with Gasteiger partial charge >= 0.3 is 6.09 Å². The first-order chi connectivity index (χ1) is 15.2. The van der Waals surface area contributed by atoms with Gasteiger partial charge in [-0.2, -0.15) is 0 Å². The minimum atomic E-state index is -0.482. The zero-order chi connectivity index (χ0) is 23.6. The highest BCUT2D eigenvalue weighted by atomic mass is 127. The number of aliphatic imine (C=N–C) groups is 1. The van der Waals surface area contributed by atoms with Crippen molar-refractivity contribution in [2.24, 2.45) is 12.0 Å². The number of piperidine rings is 1. The molecule has 0 unspecified atom stereocenters. The fourth-order valence-corrected chi connectivity index (χ4v) is 3.23. The van der Waals surface area contributed by atoms with Crippen molar-refractivity contribution < 1.29 is 14.3 Å². The van der Waals surface area contributed by atoms with Crippen LogP contribution in [0, 0.1) is 6.92 Å². The molecule has 0 aliphatic carbocycles. The van der Waals surface area contributed by atoms with Crippen LogP contribution in [0.4, 0.5) is 4.79 Å². The normalized spacial score (nSPS) is 15.1. The number of halogens is 1. The number of amides is 1. The summed E-state index contributed by atoms with van der Waals surface area (Å²) < 4.78 is 13.2. The van der Waals surface area contributed by atoms with Crippen molar-refractivity contribution in [1.29, 1.82) is 0 Å². The average molecular weight is 578 g/mol. The number of alkyl carbamates (subject to hydrolysis) is 1. The molecule has 2 N–H and O–H groups in total. The van der Waals surface area contributed by atoms with Gasteiger partial charge in [-0.3, -0.25) is 0 Å². The van der Waals surface area contributed by atoms with Crippen molar-refractivity contribution in [1.82, 2.24) is 30.3 Å². The number of hydrogen-bond donors (Lipinski definition) is 2. The predicted octanol–water partition coefficient (Wildman–Crippen LogP) is 2.77. The molecule has 11 heteroatoms. The quantitative estimate of drug-likeness (QED) is 0.153. The third-order valence-corrected chi connectivity index (χ3v) is 5.04. The highest BCUT2D eigenvalue weighted by molar-refractivity contribution is 14.0. The van der Waals surface area contributed by atoms with Crippen molar-refractivity contribution >= 4 is 36.0 Å². The van der Waals surface area contributed by atoms with Gasteiger partial charge in [0.05, 0.1) is 6.10 Å². The molecule has 2 heterocycles. The minimum Gasteiger partial charge on any atom is -0.444 e. The molecule has 0 spiro atoms. The molecule has 0 atom stereocenters. The minimum absolute atomic E-state index is 0. The molecule has 1 aromatic rings. The SMILES string of the molecule is C=CCNC(=NCc1nnc(C)n1C)N1CCC(OCCCNC(=O)OC(C)(C)C)CC1.I. The van der Waals surface area contributed by atoms with Gasteiger partial charge < -0.3 is 29.6 Å². The van der Waals surface area contributed by atoms with E-state index in [1.54, 1.807) is 0 Å². The molecule has 2 rings (SSSR count). The molecule has 1 fully saturated rings. The molecule has 10 nitrogen and oxygen atoms in total. The molecule has 1 aromatic heterocycles. The summed E-state index contributed by atoms with van der Waals surface area (Å²) in [6, 6.07) is 0. The third-order valence-electron chi connectivity index (χ3n) is 5.04. The highest BCUT2D eigenvalue weighted by Gasteiger charge is 2.22. The van der Waals surface area contributed by atoms with E-state index < -0.39 is 5.60 Å². The molecule has 1 saturated heterocycles. The van der Waals surface area contributed by atoms with E-state index >= 15 is 0 Å². The number of carbonyl (C=O) groups excluding carboxylic acids is 1. The number of ether oxygens (including phenoxy) is 2. The second-order valence-corrected chi connectivity index (χ2v) is 8.87. The fraction of sp³-hybridized carbons (Fsp3) is 0.727. The average Bonchev–Trinajstić information content (AvgIpc) is 3.05. The van der Waals surface area contributed by atoms with E-state index in [1.165, 1.54) is 0 Å². The summed E-state index contributed by atoms with van der Waals surface area (Å²) in [5.74, 6) is 2.55. The molecule has 1 amide bonds. The Morgan fingerprint density at radius 1 is 1.27 bits per heavy atom. The van der Waals surface area contributed by atoms with E-state index in [2.05, 4.69) is 32.3 Å². The lowest BCUT2D eigenvalue weighted by molar-refractivity contribution is 0.0170. The van der Waals surface area contributed by atoms with Crippen LogP contribution in [-0.4, -0.2) is 76.2 Å². The molecule has 0 aromatic carbocycles. The Morgan fingerprint density at radius 3 is 2.55 bits per heavy atom. The van der Waals surface area contributed by atoms with Gasteiger partial charge in [-0.05, 0) is 47.0 Å². The summed E-state index contributed by atoms with van der Waals surface area (Å²) in [5.41, 5.74) is -0.482. The number of likely N-dealkylation sites (tertiary alicyclic amines) is 1. The maximum Gasteiger partial charge on any atom is 0.407 e. The summed E-state index contributed by atoms with van der Waals surface area (Å²) in [5, 5.41) is 14.4. The van der Waals surface area contributed by atoms with Crippen LogP contribution in [-0.2, 0) is 23.1 Å². The van der Waals surface area contributed by atoms with E-state index in [1.807, 2.05) is 45.4 Å². The summed E-state index contributed by atoms with van der Waals surface area (Å²) in [7, 11) is 1.95. The number of aromatic nitrogens is 3. The largest absolute Gasteiger partial charge is 0.444 e. The Labute approximate surface area is 214 Å². The van der Waals surface area contributed by atoms with Crippen molar-refractivity contribution in [3.8, 4) is 0 Å². The van der Waals surface area contributed by atoms with Gasteiger partial charge in [-0.25, -0.2) is 9.79 Å². The number of nitrogens with zero attached hydrogens (tertiary/aromatic N) is 5. The highest BCUT2D eigenvalue weighted by Crippen LogP contribution is 2.14. The lowest BCUT2D eigenvalue weighted by Gasteiger charge is -2.34. The molecule has 1 aliphatic rings. The van der Waals surface area contributed by atoms with Gasteiger partial charge in [0.1, 0.15) is 18.0 Å². The number of aryl methyl sites for hydroxylation is 1. The van der Waals surface area contributed by atoms with Crippen LogP contribution in [0.25, 0.3) is 0 Å². The molecule has 0 bridgehead atoms. The first kappa shape index (κ1) is 29.1. The lowest BCUT2D eigenvalue weighted by atomic mass is 10.1. The maximum atomic E-state index is 11.7. The Morgan fingerprint density at radius 2 is 1.97 bits per heavy atom. The molecule has 1 aliphatic heterocycles. The zero-order valence-electron chi connectivity index (χ0n) is 20.6. The fourth-order valence-electron chi connectivity index (χ4n) is 3.23. The monoisotopic (exact) mass is 577 g/mol. The number of rotatable bonds is 9. The number of nitrogens with one attached hydrogen (secondary N) is 2. The standard InChI is InChI=1S/C22H39N7O3.HI/c1-7-11-23-20(25-16-19-27-26-17(2)28(19)6)29-13-9-18(10-14-29)31-15-8-12-24-21(30)32-22(3,4)5;/h7,18H,1,8-16H2,2-6H3,(H,23,25)(H,24,30);1H. The van der Waals surface area contributed by atoms with Crippen LogP contribution in [0.5, 0.6) is 0 Å². The van der Waals surface area contributed by atoms with Gasteiger partial charge in [0.15, 0.2) is 11.8 Å². The van der Waals surface area contributed by atoms with E-state index in [9.17, 15) is 4.79 Å². The van der Waals surface area contributed by atoms with Gasteiger partial charge in [-0.1, -0.05) is 6.08 Å². The smallest absolute Gasteiger partial charge is 0.407 e. The van der Waals surface area contributed by atoms with Gasteiger partial charge in [0, 0.05) is 39.8 Å². The second-order valence-electron chi connectivity index (χ2n) is 8.87. The van der Waals surface area contributed by atoms with Crippen LogP contribution < -0.4 is 10.6 Å². The summed E-state index contributed by atoms with van der Waals surface area (Å²) in [4.78, 5) is 18.6. The zero-order valence-corrected chi connectivity index (χ0v) is 22.9. The number of carbonyl (C=O) groups is 1. The molecular weight excluding hydrogens is 537 g/mol. The maximum absolute atomic E-state index is 11.7. The first-order valence-corrected chi connectivity index (χ1v) is 11.3. The van der Waals surface area contributed by atoms with Crippen LogP contribution in [0.3, 0.4) is 0 Å². The van der Waals surface area contributed by atoms with Crippen molar-refractivity contribution in [2.45, 2.75) is 65.2 Å². The van der Waals surface area contributed by atoms with Gasteiger partial charge in [0.25, 0.3) is 0 Å². The molecule has 0 radical (unpaired) electrons. The molecular formula is C22H40IN7O3. The lowest BCUT2D eigenvalue weighted by Crippen LogP contribution is -2.47. The van der Waals surface area contributed by atoms with E-state index in [0.29, 0.717) is 26.2 Å². The number of hydrogen-bond acceptors (Lipinski definition) is 6. The van der Waals surface area contributed by atoms with Crippen molar-refractivity contribution in [3.63, 3.8) is 0 Å². The Bertz CT molecular complexity index is 769. The van der Waals surface area contributed by atoms with E-state index in [-0.39, 0.29) is 36.2 Å². The number of guanidine groups is 1. The van der Waals surface area contributed by atoms with Gasteiger partial charge in [0.2, 0.25) is 0 Å². The Balaban J connectivity index is 0.00000544. The second kappa shape index (κ2) is 14.4. The van der Waals surface area contributed by atoms with Crippen LogP contribution in [0.2, 0.25) is 0 Å². The Kier molecular flexibility index (Phi) is 12.7. The Hall–Kier alpha value is -1.89. The topological polar surface area (TPSA) is 106 Å². The van der Waals surface area contributed by atoms with E-state index in [0.717, 1.165) is 50.0 Å². The van der Waals surface area contributed by atoms with Gasteiger partial charge in [-0.15, -0.1) is 40.8 Å². The summed E-state index contributed by atoms with van der Waals surface area (Å²) in [6.45, 7) is 15.3. The first-order valence-electron chi connectivity index (χ1n) is 11.3. The van der Waals surface area contributed by atoms with Crippen LogP contribution >= 0.6 is 24.0 Å². The third kappa shape index (κ3) is 10.7. The summed E-state index contributed by atoms with van der Waals surface area (Å²) >= 11 is 0. The molecule has 188 valence electrons.